The fraction of sp³-hybridized carbons (Fsp3) is 0.562. The molecular formula is C16H25N3O4S. The Morgan fingerprint density at radius 2 is 1.79 bits per heavy atom. The number of amides is 1. The molecule has 1 fully saturated rings. The summed E-state index contributed by atoms with van der Waals surface area (Å²) in [5, 5.41) is 2.77. The minimum Gasteiger partial charge on any atom is -0.375 e. The van der Waals surface area contributed by atoms with Crippen molar-refractivity contribution in [1.29, 1.82) is 0 Å². The van der Waals surface area contributed by atoms with E-state index in [1.54, 1.807) is 12.1 Å². The zero-order valence-corrected chi connectivity index (χ0v) is 15.0. The number of nitrogens with zero attached hydrogens (tertiary/aromatic N) is 2. The van der Waals surface area contributed by atoms with E-state index >= 15 is 0 Å². The van der Waals surface area contributed by atoms with E-state index in [4.69, 9.17) is 4.74 Å². The first-order valence-corrected chi connectivity index (χ1v) is 9.42. The molecule has 0 saturated carbocycles. The van der Waals surface area contributed by atoms with Gasteiger partial charge in [0.05, 0.1) is 4.90 Å². The predicted octanol–water partition coefficient (Wildman–Crippen LogP) is 0.0639. The number of methoxy groups -OCH3 is 1. The monoisotopic (exact) mass is 355 g/mol. The molecule has 1 aliphatic rings. The van der Waals surface area contributed by atoms with Gasteiger partial charge in [-0.3, -0.25) is 9.69 Å². The SMILES string of the molecule is COCC(=O)NCCN1CCN(S(=O)(=O)c2ccc(C)cc2)CC1. The summed E-state index contributed by atoms with van der Waals surface area (Å²) in [5.74, 6) is -0.141. The molecule has 0 bridgehead atoms. The summed E-state index contributed by atoms with van der Waals surface area (Å²) >= 11 is 0. The van der Waals surface area contributed by atoms with Crippen LogP contribution in [0.4, 0.5) is 0 Å². The number of hydrogen-bond donors (Lipinski definition) is 1. The van der Waals surface area contributed by atoms with Crippen molar-refractivity contribution in [2.75, 3.05) is 53.0 Å². The quantitative estimate of drug-likeness (QED) is 0.748. The Hall–Kier alpha value is -1.48. The van der Waals surface area contributed by atoms with Crippen molar-refractivity contribution >= 4 is 15.9 Å². The molecule has 0 aromatic heterocycles. The van der Waals surface area contributed by atoms with E-state index < -0.39 is 10.0 Å². The lowest BCUT2D eigenvalue weighted by Crippen LogP contribution is -2.50. The van der Waals surface area contributed by atoms with Gasteiger partial charge in [-0.15, -0.1) is 0 Å². The maximum Gasteiger partial charge on any atom is 0.246 e. The van der Waals surface area contributed by atoms with E-state index in [0.29, 0.717) is 44.2 Å². The van der Waals surface area contributed by atoms with Crippen LogP contribution in [-0.4, -0.2) is 76.5 Å². The number of carbonyl (C=O) groups is 1. The average molecular weight is 355 g/mol. The summed E-state index contributed by atoms with van der Waals surface area (Å²) in [6.07, 6.45) is 0. The van der Waals surface area contributed by atoms with E-state index in [2.05, 4.69) is 10.2 Å². The van der Waals surface area contributed by atoms with Gasteiger partial charge in [-0.05, 0) is 19.1 Å². The Morgan fingerprint density at radius 3 is 2.38 bits per heavy atom. The fourth-order valence-electron chi connectivity index (χ4n) is 2.59. The zero-order valence-electron chi connectivity index (χ0n) is 14.2. The number of rotatable bonds is 7. The Labute approximate surface area is 143 Å². The second kappa shape index (κ2) is 8.57. The van der Waals surface area contributed by atoms with Crippen LogP contribution in [0.5, 0.6) is 0 Å². The number of aryl methyl sites for hydroxylation is 1. The molecule has 1 aromatic rings. The second-order valence-corrected chi connectivity index (χ2v) is 7.78. The second-order valence-electron chi connectivity index (χ2n) is 5.84. The molecule has 7 nitrogen and oxygen atoms in total. The van der Waals surface area contributed by atoms with E-state index in [1.165, 1.54) is 11.4 Å². The van der Waals surface area contributed by atoms with Gasteiger partial charge in [-0.2, -0.15) is 4.31 Å². The smallest absolute Gasteiger partial charge is 0.246 e. The highest BCUT2D eigenvalue weighted by molar-refractivity contribution is 7.89. The molecular weight excluding hydrogens is 330 g/mol. The van der Waals surface area contributed by atoms with Gasteiger partial charge in [0, 0.05) is 46.4 Å². The third-order valence-corrected chi connectivity index (χ3v) is 5.93. The Bertz CT molecular complexity index is 638. The minimum atomic E-state index is -3.42. The zero-order chi connectivity index (χ0) is 17.6. The van der Waals surface area contributed by atoms with E-state index in [9.17, 15) is 13.2 Å². The molecule has 1 aromatic carbocycles. The Morgan fingerprint density at radius 1 is 1.17 bits per heavy atom. The van der Waals surface area contributed by atoms with Crippen LogP contribution < -0.4 is 5.32 Å². The number of sulfonamides is 1. The lowest BCUT2D eigenvalue weighted by molar-refractivity contribution is -0.124. The molecule has 1 aliphatic heterocycles. The number of benzene rings is 1. The van der Waals surface area contributed by atoms with Gasteiger partial charge < -0.3 is 10.1 Å². The molecule has 1 saturated heterocycles. The molecule has 1 N–H and O–H groups in total. The highest BCUT2D eigenvalue weighted by Gasteiger charge is 2.28. The summed E-state index contributed by atoms with van der Waals surface area (Å²) in [4.78, 5) is 13.8. The van der Waals surface area contributed by atoms with Crippen LogP contribution in [0.1, 0.15) is 5.56 Å². The standard InChI is InChI=1S/C16H25N3O4S/c1-14-3-5-15(6-4-14)24(21,22)19-11-9-18(10-12-19)8-7-17-16(20)13-23-2/h3-6H,7-13H2,1-2H3,(H,17,20). The van der Waals surface area contributed by atoms with E-state index in [-0.39, 0.29) is 12.5 Å². The van der Waals surface area contributed by atoms with Crippen molar-refractivity contribution in [3.05, 3.63) is 29.8 Å². The molecule has 1 heterocycles. The maximum absolute atomic E-state index is 12.6. The predicted molar refractivity (Wildman–Crippen MR) is 91.3 cm³/mol. The molecule has 134 valence electrons. The molecule has 8 heteroatoms. The summed E-state index contributed by atoms with van der Waals surface area (Å²) < 4.78 is 31.5. The van der Waals surface area contributed by atoms with Crippen LogP contribution in [-0.2, 0) is 19.6 Å². The molecule has 0 unspecified atom stereocenters. The summed E-state index contributed by atoms with van der Waals surface area (Å²) in [6, 6.07) is 6.93. The average Bonchev–Trinajstić information content (AvgIpc) is 2.56. The number of nitrogens with one attached hydrogen (secondary N) is 1. The topological polar surface area (TPSA) is 79.0 Å². The van der Waals surface area contributed by atoms with Gasteiger partial charge in [0.25, 0.3) is 0 Å². The Kier molecular flexibility index (Phi) is 6.73. The third-order valence-electron chi connectivity index (χ3n) is 4.02. The molecule has 0 spiro atoms. The van der Waals surface area contributed by atoms with Gasteiger partial charge in [0.2, 0.25) is 15.9 Å². The lowest BCUT2D eigenvalue weighted by atomic mass is 10.2. The first-order chi connectivity index (χ1) is 11.4. The molecule has 0 aliphatic carbocycles. The summed E-state index contributed by atoms with van der Waals surface area (Å²) in [5.41, 5.74) is 1.04. The van der Waals surface area contributed by atoms with Gasteiger partial charge >= 0.3 is 0 Å². The number of hydrogen-bond acceptors (Lipinski definition) is 5. The highest BCUT2D eigenvalue weighted by Crippen LogP contribution is 2.18. The molecule has 2 rings (SSSR count). The number of piperazine rings is 1. The van der Waals surface area contributed by atoms with Gasteiger partial charge in [0.15, 0.2) is 0 Å². The first-order valence-electron chi connectivity index (χ1n) is 7.98. The van der Waals surface area contributed by atoms with Crippen molar-refractivity contribution in [3.8, 4) is 0 Å². The van der Waals surface area contributed by atoms with Crippen LogP contribution in [0.3, 0.4) is 0 Å². The van der Waals surface area contributed by atoms with Crippen LogP contribution in [0.15, 0.2) is 29.2 Å². The third kappa shape index (κ3) is 5.01. The Balaban J connectivity index is 1.81. The van der Waals surface area contributed by atoms with Gasteiger partial charge in [0.1, 0.15) is 6.61 Å². The van der Waals surface area contributed by atoms with Crippen molar-refractivity contribution in [2.45, 2.75) is 11.8 Å². The van der Waals surface area contributed by atoms with Crippen LogP contribution in [0, 0.1) is 6.92 Å². The van der Waals surface area contributed by atoms with Gasteiger partial charge in [-0.25, -0.2) is 8.42 Å². The minimum absolute atomic E-state index is 0.0581. The lowest BCUT2D eigenvalue weighted by Gasteiger charge is -2.34. The van der Waals surface area contributed by atoms with Gasteiger partial charge in [-0.1, -0.05) is 17.7 Å². The summed E-state index contributed by atoms with van der Waals surface area (Å²) in [7, 11) is -1.94. The van der Waals surface area contributed by atoms with Crippen molar-refractivity contribution in [3.63, 3.8) is 0 Å². The summed E-state index contributed by atoms with van der Waals surface area (Å²) in [6.45, 7) is 5.46. The first kappa shape index (κ1) is 18.9. The molecule has 24 heavy (non-hydrogen) atoms. The van der Waals surface area contributed by atoms with Crippen molar-refractivity contribution in [2.24, 2.45) is 0 Å². The van der Waals surface area contributed by atoms with Crippen LogP contribution >= 0.6 is 0 Å². The largest absolute Gasteiger partial charge is 0.375 e. The van der Waals surface area contributed by atoms with Crippen LogP contribution in [0.2, 0.25) is 0 Å². The van der Waals surface area contributed by atoms with Crippen molar-refractivity contribution in [1.82, 2.24) is 14.5 Å². The molecule has 1 amide bonds. The van der Waals surface area contributed by atoms with E-state index in [0.717, 1.165) is 5.56 Å². The number of carbonyl (C=O) groups excluding carboxylic acids is 1. The molecule has 0 atom stereocenters. The van der Waals surface area contributed by atoms with E-state index in [1.807, 2.05) is 19.1 Å². The fourth-order valence-corrected chi connectivity index (χ4v) is 4.01. The normalized spacial score (nSPS) is 16.9. The highest BCUT2D eigenvalue weighted by atomic mass is 32.2. The molecule has 0 radical (unpaired) electrons. The van der Waals surface area contributed by atoms with Crippen LogP contribution in [0.25, 0.3) is 0 Å². The maximum atomic E-state index is 12.6. The van der Waals surface area contributed by atoms with Crippen molar-refractivity contribution < 1.29 is 17.9 Å². The number of ether oxygens (including phenoxy) is 1.